The van der Waals surface area contributed by atoms with Gasteiger partial charge in [-0.2, -0.15) is 0 Å². The molecule has 5 nitrogen and oxygen atoms in total. The summed E-state index contributed by atoms with van der Waals surface area (Å²) in [7, 11) is 3.40. The highest BCUT2D eigenvalue weighted by Crippen LogP contribution is 2.22. The van der Waals surface area contributed by atoms with E-state index >= 15 is 0 Å². The molecule has 23 heavy (non-hydrogen) atoms. The van der Waals surface area contributed by atoms with Gasteiger partial charge in [0, 0.05) is 13.6 Å². The molecule has 0 atom stereocenters. The van der Waals surface area contributed by atoms with Gasteiger partial charge in [-0.1, -0.05) is 18.2 Å². The lowest BCUT2D eigenvalue weighted by Crippen LogP contribution is -2.30. The molecule has 0 N–H and O–H groups in total. The molecule has 0 saturated heterocycles. The molecule has 1 heterocycles. The predicted molar refractivity (Wildman–Crippen MR) is 87.0 cm³/mol. The molecule has 3 rings (SSSR count). The van der Waals surface area contributed by atoms with Crippen LogP contribution in [0.2, 0.25) is 0 Å². The van der Waals surface area contributed by atoms with Crippen molar-refractivity contribution in [3.63, 3.8) is 0 Å². The summed E-state index contributed by atoms with van der Waals surface area (Å²) in [5.74, 6) is 0.905. The average Bonchev–Trinajstić information content (AvgIpc) is 2.61. The van der Waals surface area contributed by atoms with Crippen molar-refractivity contribution in [2.75, 3.05) is 27.4 Å². The first-order valence-electron chi connectivity index (χ1n) is 7.44. The van der Waals surface area contributed by atoms with Gasteiger partial charge in [0.15, 0.2) is 0 Å². The Hall–Kier alpha value is -2.69. The zero-order valence-electron chi connectivity index (χ0n) is 13.2. The number of benzene rings is 2. The van der Waals surface area contributed by atoms with Crippen molar-refractivity contribution in [2.24, 2.45) is 0 Å². The molecular formula is C18H19NO4. The second kappa shape index (κ2) is 6.60. The number of hydrogen-bond acceptors (Lipinski definition) is 4. The van der Waals surface area contributed by atoms with Crippen LogP contribution in [0.4, 0.5) is 0 Å². The van der Waals surface area contributed by atoms with Gasteiger partial charge in [0.25, 0.3) is 5.91 Å². The van der Waals surface area contributed by atoms with Crippen LogP contribution < -0.4 is 4.74 Å². The highest BCUT2D eigenvalue weighted by Gasteiger charge is 2.19. The molecule has 2 aromatic carbocycles. The van der Waals surface area contributed by atoms with E-state index in [9.17, 15) is 4.79 Å². The third-order valence-electron chi connectivity index (χ3n) is 3.74. The Kier molecular flexibility index (Phi) is 4.37. The second-order valence-corrected chi connectivity index (χ2v) is 5.41. The third-order valence-corrected chi connectivity index (χ3v) is 3.74. The summed E-state index contributed by atoms with van der Waals surface area (Å²) in [6, 6.07) is 12.1. The molecule has 1 amide bonds. The number of hydrogen-bond donors (Lipinski definition) is 0. The van der Waals surface area contributed by atoms with Gasteiger partial charge >= 0.3 is 0 Å². The summed E-state index contributed by atoms with van der Waals surface area (Å²) in [5.41, 5.74) is 1.05. The summed E-state index contributed by atoms with van der Waals surface area (Å²) in [4.78, 5) is 13.9. The van der Waals surface area contributed by atoms with Crippen LogP contribution in [-0.4, -0.2) is 38.2 Å². The third kappa shape index (κ3) is 3.39. The maximum atomic E-state index is 12.3. The van der Waals surface area contributed by atoms with Crippen LogP contribution in [0.1, 0.15) is 5.56 Å². The molecule has 0 radical (unpaired) electrons. The molecule has 0 saturated carbocycles. The van der Waals surface area contributed by atoms with Crippen LogP contribution in [0.5, 0.6) is 5.75 Å². The van der Waals surface area contributed by atoms with E-state index in [0.717, 1.165) is 22.1 Å². The number of methoxy groups -OCH3 is 1. The number of carbonyl (C=O) groups excluding carboxylic acids is 1. The smallest absolute Gasteiger partial charge is 0.292 e. The monoisotopic (exact) mass is 313 g/mol. The van der Waals surface area contributed by atoms with Crippen molar-refractivity contribution in [3.8, 4) is 5.75 Å². The van der Waals surface area contributed by atoms with Crippen LogP contribution in [0.3, 0.4) is 0 Å². The lowest BCUT2D eigenvalue weighted by molar-refractivity contribution is -0.131. The number of rotatable bonds is 4. The largest absolute Gasteiger partial charge is 0.497 e. The number of amides is 1. The van der Waals surface area contributed by atoms with Crippen LogP contribution in [0, 0.1) is 0 Å². The second-order valence-electron chi connectivity index (χ2n) is 5.41. The molecule has 120 valence electrons. The number of fused-ring (bicyclic) bond motifs is 1. The summed E-state index contributed by atoms with van der Waals surface area (Å²) in [5, 5.41) is 2.22. The zero-order valence-corrected chi connectivity index (χ0v) is 13.2. The summed E-state index contributed by atoms with van der Waals surface area (Å²) < 4.78 is 15.7. The molecule has 1 aliphatic heterocycles. The average molecular weight is 313 g/mol. The number of nitrogens with zero attached hydrogens (tertiary/aromatic N) is 1. The van der Waals surface area contributed by atoms with Crippen molar-refractivity contribution in [1.29, 1.82) is 0 Å². The fourth-order valence-corrected chi connectivity index (χ4v) is 2.51. The first-order valence-corrected chi connectivity index (χ1v) is 7.44. The van der Waals surface area contributed by atoms with Crippen LogP contribution in [0.25, 0.3) is 10.8 Å². The minimum absolute atomic E-state index is 0.181. The van der Waals surface area contributed by atoms with E-state index in [4.69, 9.17) is 14.2 Å². The Morgan fingerprint density at radius 2 is 1.96 bits per heavy atom. The zero-order chi connectivity index (χ0) is 16.2. The Morgan fingerprint density at radius 3 is 2.70 bits per heavy atom. The van der Waals surface area contributed by atoms with E-state index in [-0.39, 0.29) is 11.7 Å². The predicted octanol–water partition coefficient (Wildman–Crippen LogP) is 2.70. The van der Waals surface area contributed by atoms with Crippen LogP contribution >= 0.6 is 0 Å². The van der Waals surface area contributed by atoms with Gasteiger partial charge in [-0.3, -0.25) is 4.79 Å². The first-order chi connectivity index (χ1) is 11.2. The normalized spacial score (nSPS) is 13.7. The van der Waals surface area contributed by atoms with Gasteiger partial charge in [-0.25, -0.2) is 0 Å². The lowest BCUT2D eigenvalue weighted by Gasteiger charge is -2.21. The van der Waals surface area contributed by atoms with Crippen molar-refractivity contribution in [3.05, 3.63) is 54.0 Å². The highest BCUT2D eigenvalue weighted by atomic mass is 16.6. The molecule has 5 heteroatoms. The number of likely N-dealkylation sites (N-methyl/N-ethyl adjacent to an activating group) is 1. The standard InChI is InChI=1S/C18H19NO4/c1-19(18(20)17-12-22-7-8-23-17)11-13-3-4-15-10-16(21-2)6-5-14(15)9-13/h3-6,9-10,12H,7-8,11H2,1-2H3. The van der Waals surface area contributed by atoms with E-state index in [0.29, 0.717) is 19.8 Å². The van der Waals surface area contributed by atoms with Gasteiger partial charge in [0.1, 0.15) is 25.2 Å². The molecule has 0 aromatic heterocycles. The maximum Gasteiger partial charge on any atom is 0.292 e. The Morgan fingerprint density at radius 1 is 1.17 bits per heavy atom. The molecule has 1 aliphatic rings. The van der Waals surface area contributed by atoms with Crippen molar-refractivity contribution in [1.82, 2.24) is 4.90 Å². The Bertz CT molecular complexity index is 754. The van der Waals surface area contributed by atoms with E-state index < -0.39 is 0 Å². The molecule has 2 aromatic rings. The van der Waals surface area contributed by atoms with Gasteiger partial charge in [-0.05, 0) is 34.5 Å². The fourth-order valence-electron chi connectivity index (χ4n) is 2.51. The maximum absolute atomic E-state index is 12.3. The Balaban J connectivity index is 1.75. The van der Waals surface area contributed by atoms with Gasteiger partial charge in [-0.15, -0.1) is 0 Å². The first kappa shape index (κ1) is 15.2. The quantitative estimate of drug-likeness (QED) is 0.871. The molecule has 0 aliphatic carbocycles. The van der Waals surface area contributed by atoms with Gasteiger partial charge in [0.2, 0.25) is 5.76 Å². The lowest BCUT2D eigenvalue weighted by atomic mass is 10.1. The number of carbonyl (C=O) groups is 1. The fraction of sp³-hybridized carbons (Fsp3) is 0.278. The number of ether oxygens (including phenoxy) is 3. The van der Waals surface area contributed by atoms with Crippen molar-refractivity contribution in [2.45, 2.75) is 6.54 Å². The summed E-state index contributed by atoms with van der Waals surface area (Å²) in [6.45, 7) is 1.39. The molecule has 0 fully saturated rings. The van der Waals surface area contributed by atoms with Gasteiger partial charge in [0.05, 0.1) is 7.11 Å². The molecule has 0 unspecified atom stereocenters. The van der Waals surface area contributed by atoms with Crippen LogP contribution in [0.15, 0.2) is 48.4 Å². The SMILES string of the molecule is COc1ccc2cc(CN(C)C(=O)C3=COCCO3)ccc2c1. The molecule has 0 bridgehead atoms. The Labute approximate surface area is 135 Å². The van der Waals surface area contributed by atoms with E-state index in [1.807, 2.05) is 30.3 Å². The summed E-state index contributed by atoms with van der Waals surface area (Å²) >= 11 is 0. The van der Waals surface area contributed by atoms with E-state index in [1.54, 1.807) is 19.1 Å². The van der Waals surface area contributed by atoms with Crippen molar-refractivity contribution >= 4 is 16.7 Å². The van der Waals surface area contributed by atoms with E-state index in [2.05, 4.69) is 6.07 Å². The van der Waals surface area contributed by atoms with Crippen molar-refractivity contribution < 1.29 is 19.0 Å². The minimum Gasteiger partial charge on any atom is -0.497 e. The summed E-state index contributed by atoms with van der Waals surface area (Å²) in [6.07, 6.45) is 1.38. The minimum atomic E-state index is -0.181. The van der Waals surface area contributed by atoms with Crippen LogP contribution in [-0.2, 0) is 20.8 Å². The van der Waals surface area contributed by atoms with Gasteiger partial charge < -0.3 is 19.1 Å². The van der Waals surface area contributed by atoms with E-state index in [1.165, 1.54) is 6.26 Å². The topological polar surface area (TPSA) is 48.0 Å². The highest BCUT2D eigenvalue weighted by molar-refractivity contribution is 5.91. The molecular weight excluding hydrogens is 294 g/mol. The molecule has 0 spiro atoms.